The van der Waals surface area contributed by atoms with Crippen molar-refractivity contribution in [3.05, 3.63) is 0 Å². The lowest BCUT2D eigenvalue weighted by atomic mass is 10.0. The van der Waals surface area contributed by atoms with E-state index >= 15 is 0 Å². The highest BCUT2D eigenvalue weighted by Crippen LogP contribution is 2.21. The lowest BCUT2D eigenvalue weighted by molar-refractivity contribution is -0.178. The average Bonchev–Trinajstić information content (AvgIpc) is 3.66. The average molecular weight is 994 g/mol. The Hall–Kier alpha value is -2.73. The van der Waals surface area contributed by atoms with Gasteiger partial charge in [-0.25, -0.2) is 4.79 Å². The Morgan fingerprint density at radius 3 is 1.16 bits per heavy atom. The second-order valence-corrected chi connectivity index (χ2v) is 20.3. The number of carbonyl (C=O) groups is 5. The number of carbonyl (C=O) groups excluding carboxylic acids is 5. The number of hydrogen-bond acceptors (Lipinski definition) is 11. The van der Waals surface area contributed by atoms with Gasteiger partial charge in [0.1, 0.15) is 24.9 Å². The van der Waals surface area contributed by atoms with E-state index in [4.69, 9.17) is 28.5 Å². The van der Waals surface area contributed by atoms with Crippen molar-refractivity contribution in [3.8, 4) is 0 Å². The van der Waals surface area contributed by atoms with Crippen molar-refractivity contribution in [1.82, 2.24) is 5.06 Å². The summed E-state index contributed by atoms with van der Waals surface area (Å²) >= 11 is 0. The van der Waals surface area contributed by atoms with Crippen LogP contribution in [-0.2, 0) is 47.7 Å². The van der Waals surface area contributed by atoms with Gasteiger partial charge in [-0.05, 0) is 77.0 Å². The molecule has 0 bridgehead atoms. The second kappa shape index (κ2) is 48.5. The predicted molar refractivity (Wildman–Crippen MR) is 281 cm³/mol. The fraction of sp³-hybridized carbons (Fsp3) is 0.914. The van der Waals surface area contributed by atoms with Crippen molar-refractivity contribution in [2.24, 2.45) is 0 Å². The van der Waals surface area contributed by atoms with Gasteiger partial charge in [0.15, 0.2) is 0 Å². The zero-order chi connectivity index (χ0) is 51.0. The Bertz CT molecular complexity index is 1220. The van der Waals surface area contributed by atoms with Gasteiger partial charge >= 0.3 is 18.1 Å². The fourth-order valence-electron chi connectivity index (χ4n) is 9.06. The van der Waals surface area contributed by atoms with Crippen LogP contribution in [0.25, 0.3) is 0 Å². The molecule has 1 aliphatic heterocycles. The maximum atomic E-state index is 12.8. The van der Waals surface area contributed by atoms with E-state index in [-0.39, 0.29) is 50.2 Å². The van der Waals surface area contributed by atoms with Crippen LogP contribution < -0.4 is 0 Å². The lowest BCUT2D eigenvalue weighted by Gasteiger charge is -2.19. The number of imide groups is 1. The van der Waals surface area contributed by atoms with Crippen molar-refractivity contribution in [1.29, 1.82) is 0 Å². The van der Waals surface area contributed by atoms with Crippen molar-refractivity contribution >= 4 is 29.9 Å². The first-order chi connectivity index (χ1) is 34.2. The predicted octanol–water partition coefficient (Wildman–Crippen LogP) is 16.1. The summed E-state index contributed by atoms with van der Waals surface area (Å²) in [7, 11) is 0. The van der Waals surface area contributed by atoms with E-state index < -0.39 is 24.1 Å². The quantitative estimate of drug-likeness (QED) is 0.0248. The van der Waals surface area contributed by atoms with Crippen molar-refractivity contribution in [3.63, 3.8) is 0 Å². The molecule has 1 aliphatic rings. The molecule has 0 saturated carbocycles. The third-order valence-corrected chi connectivity index (χ3v) is 13.5. The number of ether oxygens (including phenoxy) is 5. The first-order valence-electron chi connectivity index (χ1n) is 29.5. The monoisotopic (exact) mass is 994 g/mol. The second-order valence-electron chi connectivity index (χ2n) is 20.3. The fourth-order valence-corrected chi connectivity index (χ4v) is 9.06. The van der Waals surface area contributed by atoms with Gasteiger partial charge in [-0.1, -0.05) is 200 Å². The van der Waals surface area contributed by atoms with E-state index in [1.54, 1.807) is 0 Å². The van der Waals surface area contributed by atoms with Crippen LogP contribution in [0.4, 0.5) is 4.79 Å². The third kappa shape index (κ3) is 39.8. The van der Waals surface area contributed by atoms with Gasteiger partial charge in [0, 0.05) is 38.9 Å². The molecule has 1 rings (SSSR count). The molecule has 410 valence electrons. The molecule has 70 heavy (non-hydrogen) atoms. The molecule has 0 aliphatic carbocycles. The summed E-state index contributed by atoms with van der Waals surface area (Å²) in [6.07, 6.45) is 42.1. The smallest absolute Gasteiger partial charge is 0.462 e. The number of hydroxylamine groups is 2. The summed E-state index contributed by atoms with van der Waals surface area (Å²) in [5.41, 5.74) is 0. The van der Waals surface area contributed by atoms with Gasteiger partial charge in [-0.2, -0.15) is 0 Å². The zero-order valence-corrected chi connectivity index (χ0v) is 45.7. The maximum Gasteiger partial charge on any atom is 0.534 e. The molecule has 2 amide bonds. The van der Waals surface area contributed by atoms with Crippen molar-refractivity contribution < 1.29 is 52.5 Å². The van der Waals surface area contributed by atoms with E-state index in [0.717, 1.165) is 116 Å². The van der Waals surface area contributed by atoms with Gasteiger partial charge in [0.2, 0.25) is 0 Å². The minimum atomic E-state index is -1.14. The Labute approximate surface area is 428 Å². The maximum absolute atomic E-state index is 12.8. The Morgan fingerprint density at radius 2 is 0.757 bits per heavy atom. The Kier molecular flexibility index (Phi) is 45.3. The first-order valence-corrected chi connectivity index (χ1v) is 29.5. The molecule has 0 radical (unpaired) electrons. The van der Waals surface area contributed by atoms with Crippen LogP contribution in [0, 0.1) is 0 Å². The van der Waals surface area contributed by atoms with Gasteiger partial charge < -0.3 is 23.7 Å². The van der Waals surface area contributed by atoms with E-state index in [1.807, 2.05) is 0 Å². The molecular weight excluding hydrogens is 887 g/mol. The number of rotatable bonds is 52. The molecule has 0 spiro atoms. The van der Waals surface area contributed by atoms with E-state index in [2.05, 4.69) is 27.7 Å². The Balaban J connectivity index is 2.42. The van der Waals surface area contributed by atoms with Crippen LogP contribution in [0.3, 0.4) is 0 Å². The molecule has 0 aromatic rings. The molecule has 12 nitrogen and oxygen atoms in total. The summed E-state index contributed by atoms with van der Waals surface area (Å²) in [6, 6.07) is 0. The molecule has 1 fully saturated rings. The topological polar surface area (TPSA) is 144 Å². The Morgan fingerprint density at radius 1 is 0.414 bits per heavy atom. The minimum Gasteiger partial charge on any atom is -0.462 e. The molecular formula is C58H107NO11. The first kappa shape index (κ1) is 65.3. The van der Waals surface area contributed by atoms with Crippen molar-refractivity contribution in [2.45, 2.75) is 316 Å². The third-order valence-electron chi connectivity index (χ3n) is 13.5. The number of amides is 2. The molecule has 1 unspecified atom stereocenters. The molecule has 0 N–H and O–H groups in total. The molecule has 1 heterocycles. The normalized spacial score (nSPS) is 13.2. The minimum absolute atomic E-state index is 0.000527. The van der Waals surface area contributed by atoms with Crippen LogP contribution in [0.2, 0.25) is 0 Å². The number of esters is 2. The summed E-state index contributed by atoms with van der Waals surface area (Å²) in [6.45, 7) is 9.98. The highest BCUT2D eigenvalue weighted by molar-refractivity contribution is 6.01. The van der Waals surface area contributed by atoms with Crippen LogP contribution >= 0.6 is 0 Å². The van der Waals surface area contributed by atoms with E-state index in [0.29, 0.717) is 31.1 Å². The van der Waals surface area contributed by atoms with Crippen molar-refractivity contribution in [2.75, 3.05) is 26.4 Å². The molecule has 0 aromatic carbocycles. The summed E-state index contributed by atoms with van der Waals surface area (Å²) < 4.78 is 29.3. The molecule has 0 aromatic heterocycles. The van der Waals surface area contributed by atoms with Crippen LogP contribution in [0.15, 0.2) is 0 Å². The van der Waals surface area contributed by atoms with Gasteiger partial charge in [0.25, 0.3) is 11.8 Å². The number of hydrogen-bond donors (Lipinski definition) is 0. The lowest BCUT2D eigenvalue weighted by Crippen LogP contribution is -2.34. The highest BCUT2D eigenvalue weighted by Gasteiger charge is 2.33. The highest BCUT2D eigenvalue weighted by atomic mass is 16.8. The van der Waals surface area contributed by atoms with E-state index in [9.17, 15) is 24.0 Å². The SMILES string of the molecule is CCCCCCCCC(CCCCCCCC)OC(=O)CCCCCCCOCC(COC(=O)ON1C(=O)CCC1=O)OCCCCCCCC(=O)OC(CCCCCCCC)CCCCCCCC. The molecule has 1 saturated heterocycles. The molecule has 1 atom stereocenters. The standard InChI is InChI=1S/C58H107NO11/c1-5-9-13-17-23-31-39-51(40-32-24-18-14-10-6-2)68-56(62)43-35-27-21-29-37-47-65-49-53(50-67-58(64)70-59-54(60)45-46-55(59)61)66-48-38-30-22-28-36-44-57(63)69-52(41-33-25-19-15-11-7-3)42-34-26-20-16-12-8-4/h51-53H,5-50H2,1-4H3. The van der Waals surface area contributed by atoms with Crippen LogP contribution in [0.1, 0.15) is 297 Å². The summed E-state index contributed by atoms with van der Waals surface area (Å²) in [5.74, 6) is -1.27. The van der Waals surface area contributed by atoms with Crippen LogP contribution in [-0.4, -0.2) is 79.7 Å². The zero-order valence-electron chi connectivity index (χ0n) is 45.7. The number of unbranched alkanes of at least 4 members (excludes halogenated alkanes) is 28. The van der Waals surface area contributed by atoms with Gasteiger partial charge in [-0.15, -0.1) is 0 Å². The largest absolute Gasteiger partial charge is 0.534 e. The summed E-state index contributed by atoms with van der Waals surface area (Å²) in [4.78, 5) is 66.7. The van der Waals surface area contributed by atoms with Gasteiger partial charge in [-0.3, -0.25) is 24.0 Å². The van der Waals surface area contributed by atoms with Crippen LogP contribution in [0.5, 0.6) is 0 Å². The van der Waals surface area contributed by atoms with E-state index in [1.165, 1.54) is 128 Å². The summed E-state index contributed by atoms with van der Waals surface area (Å²) in [5, 5.41) is 0.466. The molecule has 12 heteroatoms. The number of nitrogens with zero attached hydrogens (tertiary/aromatic N) is 1. The van der Waals surface area contributed by atoms with Gasteiger partial charge in [0.05, 0.1) is 6.61 Å².